The van der Waals surface area contributed by atoms with E-state index in [1.54, 1.807) is 12.5 Å². The number of hydrogen-bond acceptors (Lipinski definition) is 4. The quantitative estimate of drug-likeness (QED) is 0.733. The number of aromatic nitrogens is 3. The molecule has 0 spiro atoms. The minimum absolute atomic E-state index is 0.699. The van der Waals surface area contributed by atoms with E-state index in [0.717, 1.165) is 29.1 Å². The van der Waals surface area contributed by atoms with Crippen LogP contribution in [0.1, 0.15) is 11.3 Å². The summed E-state index contributed by atoms with van der Waals surface area (Å²) in [5.74, 6) is 0.923. The first-order chi connectivity index (χ1) is 9.43. The minimum Gasteiger partial charge on any atom is -0.468 e. The third-order valence-electron chi connectivity index (χ3n) is 2.86. The van der Waals surface area contributed by atoms with E-state index in [9.17, 15) is 0 Å². The van der Waals surface area contributed by atoms with Crippen molar-refractivity contribution < 1.29 is 4.42 Å². The zero-order chi connectivity index (χ0) is 12.9. The standard InChI is InChI=1S/C14H14N4O/c1-3-11(7-15-5-1)14-12(9-17-18-14)8-16-10-13-4-2-6-19-13/h1-7,9,16H,8,10H2,(H,17,18). The SMILES string of the molecule is c1cncc(-c2[nH]ncc2CNCc2ccco2)c1. The van der Waals surface area contributed by atoms with E-state index in [2.05, 4.69) is 20.5 Å². The van der Waals surface area contributed by atoms with Crippen molar-refractivity contribution in [3.8, 4) is 11.3 Å². The fraction of sp³-hybridized carbons (Fsp3) is 0.143. The maximum absolute atomic E-state index is 5.27. The average Bonchev–Trinajstić information content (AvgIpc) is 3.11. The van der Waals surface area contributed by atoms with Gasteiger partial charge in [0.25, 0.3) is 0 Å². The molecular weight excluding hydrogens is 240 g/mol. The Bertz CT molecular complexity index is 616. The zero-order valence-electron chi connectivity index (χ0n) is 10.3. The number of furan rings is 1. The second kappa shape index (κ2) is 5.49. The van der Waals surface area contributed by atoms with E-state index >= 15 is 0 Å². The maximum Gasteiger partial charge on any atom is 0.117 e. The molecule has 0 atom stereocenters. The first-order valence-electron chi connectivity index (χ1n) is 6.09. The lowest BCUT2D eigenvalue weighted by molar-refractivity contribution is 0.483. The number of pyridine rings is 1. The lowest BCUT2D eigenvalue weighted by Gasteiger charge is -2.04. The van der Waals surface area contributed by atoms with Crippen LogP contribution in [0.2, 0.25) is 0 Å². The third kappa shape index (κ3) is 2.71. The lowest BCUT2D eigenvalue weighted by Crippen LogP contribution is -2.12. The molecule has 5 heteroatoms. The molecule has 5 nitrogen and oxygen atoms in total. The zero-order valence-corrected chi connectivity index (χ0v) is 10.3. The molecule has 3 aromatic rings. The molecule has 0 aliphatic rings. The summed E-state index contributed by atoms with van der Waals surface area (Å²) >= 11 is 0. The van der Waals surface area contributed by atoms with Crippen LogP contribution in [0.5, 0.6) is 0 Å². The van der Waals surface area contributed by atoms with Crippen LogP contribution < -0.4 is 5.32 Å². The monoisotopic (exact) mass is 254 g/mol. The van der Waals surface area contributed by atoms with Crippen LogP contribution in [0, 0.1) is 0 Å². The summed E-state index contributed by atoms with van der Waals surface area (Å²) in [5.41, 5.74) is 3.15. The summed E-state index contributed by atoms with van der Waals surface area (Å²) in [6, 6.07) is 7.76. The van der Waals surface area contributed by atoms with Gasteiger partial charge in [0.1, 0.15) is 5.76 Å². The van der Waals surface area contributed by atoms with E-state index in [-0.39, 0.29) is 0 Å². The highest BCUT2D eigenvalue weighted by molar-refractivity contribution is 5.61. The van der Waals surface area contributed by atoms with Crippen molar-refractivity contribution >= 4 is 0 Å². The summed E-state index contributed by atoms with van der Waals surface area (Å²) in [6.45, 7) is 1.42. The Hall–Kier alpha value is -2.40. The van der Waals surface area contributed by atoms with Crippen LogP contribution in [0.4, 0.5) is 0 Å². The summed E-state index contributed by atoms with van der Waals surface area (Å²) in [7, 11) is 0. The van der Waals surface area contributed by atoms with Crippen LogP contribution in [0.3, 0.4) is 0 Å². The molecule has 0 amide bonds. The Morgan fingerprint density at radius 2 is 2.16 bits per heavy atom. The highest BCUT2D eigenvalue weighted by Crippen LogP contribution is 2.19. The Kier molecular flexibility index (Phi) is 3.38. The molecule has 96 valence electrons. The molecule has 0 unspecified atom stereocenters. The van der Waals surface area contributed by atoms with Crippen molar-refractivity contribution in [1.82, 2.24) is 20.5 Å². The Morgan fingerprint density at radius 1 is 1.16 bits per heavy atom. The summed E-state index contributed by atoms with van der Waals surface area (Å²) < 4.78 is 5.27. The van der Waals surface area contributed by atoms with Gasteiger partial charge in [-0.3, -0.25) is 10.1 Å². The molecule has 3 aromatic heterocycles. The molecule has 0 radical (unpaired) electrons. The highest BCUT2D eigenvalue weighted by atomic mass is 16.3. The smallest absolute Gasteiger partial charge is 0.117 e. The van der Waals surface area contributed by atoms with Crippen molar-refractivity contribution in [3.05, 3.63) is 60.4 Å². The van der Waals surface area contributed by atoms with Gasteiger partial charge in [-0.25, -0.2) is 0 Å². The van der Waals surface area contributed by atoms with Gasteiger partial charge in [0, 0.05) is 30.1 Å². The Balaban J connectivity index is 1.67. The van der Waals surface area contributed by atoms with Gasteiger partial charge in [0.05, 0.1) is 24.7 Å². The largest absolute Gasteiger partial charge is 0.468 e. The van der Waals surface area contributed by atoms with Crippen molar-refractivity contribution in [3.63, 3.8) is 0 Å². The summed E-state index contributed by atoms with van der Waals surface area (Å²) in [5, 5.41) is 10.4. The van der Waals surface area contributed by atoms with E-state index < -0.39 is 0 Å². The number of rotatable bonds is 5. The van der Waals surface area contributed by atoms with Crippen molar-refractivity contribution in [2.45, 2.75) is 13.1 Å². The van der Waals surface area contributed by atoms with Gasteiger partial charge in [-0.2, -0.15) is 5.10 Å². The topological polar surface area (TPSA) is 66.7 Å². The molecule has 0 bridgehead atoms. The van der Waals surface area contributed by atoms with E-state index in [1.807, 2.05) is 36.7 Å². The Morgan fingerprint density at radius 3 is 2.95 bits per heavy atom. The number of nitrogens with zero attached hydrogens (tertiary/aromatic N) is 2. The molecule has 0 aliphatic carbocycles. The molecule has 0 aromatic carbocycles. The predicted molar refractivity (Wildman–Crippen MR) is 71.1 cm³/mol. The molecule has 0 saturated carbocycles. The van der Waals surface area contributed by atoms with E-state index in [1.165, 1.54) is 0 Å². The van der Waals surface area contributed by atoms with E-state index in [4.69, 9.17) is 4.42 Å². The van der Waals surface area contributed by atoms with Crippen LogP contribution in [0.15, 0.2) is 53.5 Å². The van der Waals surface area contributed by atoms with Gasteiger partial charge in [-0.05, 0) is 24.3 Å². The van der Waals surface area contributed by atoms with Gasteiger partial charge >= 0.3 is 0 Å². The number of H-pyrrole nitrogens is 1. The molecule has 0 aliphatic heterocycles. The van der Waals surface area contributed by atoms with E-state index in [0.29, 0.717) is 6.54 Å². The second-order valence-electron chi connectivity index (χ2n) is 4.19. The minimum atomic E-state index is 0.699. The van der Waals surface area contributed by atoms with Gasteiger partial charge in [0.2, 0.25) is 0 Å². The molecular formula is C14H14N4O. The first-order valence-corrected chi connectivity index (χ1v) is 6.09. The van der Waals surface area contributed by atoms with Gasteiger partial charge in [-0.1, -0.05) is 0 Å². The molecule has 3 rings (SSSR count). The summed E-state index contributed by atoms with van der Waals surface area (Å²) in [6.07, 6.45) is 7.09. The fourth-order valence-electron chi connectivity index (χ4n) is 1.94. The van der Waals surface area contributed by atoms with Crippen molar-refractivity contribution in [2.75, 3.05) is 0 Å². The van der Waals surface area contributed by atoms with Crippen LogP contribution >= 0.6 is 0 Å². The van der Waals surface area contributed by atoms with Crippen LogP contribution in [-0.4, -0.2) is 15.2 Å². The normalized spacial score (nSPS) is 10.7. The summed E-state index contributed by atoms with van der Waals surface area (Å²) in [4.78, 5) is 4.12. The highest BCUT2D eigenvalue weighted by Gasteiger charge is 2.07. The molecule has 0 fully saturated rings. The van der Waals surface area contributed by atoms with Gasteiger partial charge in [0.15, 0.2) is 0 Å². The average molecular weight is 254 g/mol. The molecule has 0 saturated heterocycles. The van der Waals surface area contributed by atoms with Crippen LogP contribution in [-0.2, 0) is 13.1 Å². The number of hydrogen-bond donors (Lipinski definition) is 2. The third-order valence-corrected chi connectivity index (χ3v) is 2.86. The first kappa shape index (κ1) is 11.7. The molecule has 2 N–H and O–H groups in total. The fourth-order valence-corrected chi connectivity index (χ4v) is 1.94. The van der Waals surface area contributed by atoms with Crippen molar-refractivity contribution in [1.29, 1.82) is 0 Å². The molecule has 3 heterocycles. The lowest BCUT2D eigenvalue weighted by atomic mass is 10.1. The predicted octanol–water partition coefficient (Wildman–Crippen LogP) is 2.35. The van der Waals surface area contributed by atoms with Crippen LogP contribution in [0.25, 0.3) is 11.3 Å². The van der Waals surface area contributed by atoms with Gasteiger partial charge in [-0.15, -0.1) is 0 Å². The number of aromatic amines is 1. The Labute approximate surface area is 110 Å². The maximum atomic E-state index is 5.27. The van der Waals surface area contributed by atoms with Gasteiger partial charge < -0.3 is 9.73 Å². The molecule has 19 heavy (non-hydrogen) atoms. The van der Waals surface area contributed by atoms with Crippen molar-refractivity contribution in [2.24, 2.45) is 0 Å². The number of nitrogens with one attached hydrogen (secondary N) is 2. The second-order valence-corrected chi connectivity index (χ2v) is 4.19.